The minimum atomic E-state index is 0.601. The van der Waals surface area contributed by atoms with E-state index in [0.29, 0.717) is 4.77 Å². The van der Waals surface area contributed by atoms with Gasteiger partial charge in [-0.3, -0.25) is 9.67 Å². The smallest absolute Gasteiger partial charge is 0.200 e. The summed E-state index contributed by atoms with van der Waals surface area (Å²) >= 11 is 5.61. The summed E-state index contributed by atoms with van der Waals surface area (Å²) in [6, 6.07) is 12.7. The van der Waals surface area contributed by atoms with E-state index in [-0.39, 0.29) is 0 Å². The summed E-state index contributed by atoms with van der Waals surface area (Å²) < 4.78 is 2.64. The van der Waals surface area contributed by atoms with Crippen LogP contribution in [0, 0.1) is 4.77 Å². The van der Waals surface area contributed by atoms with Crippen molar-refractivity contribution in [3.8, 4) is 17.1 Å². The molecule has 1 aromatic heterocycles. The Hall–Kier alpha value is -2.60. The first kappa shape index (κ1) is 26.7. The van der Waals surface area contributed by atoms with Crippen molar-refractivity contribution >= 4 is 23.6 Å². The molecule has 1 saturated heterocycles. The summed E-state index contributed by atoms with van der Waals surface area (Å²) in [5, 5.41) is 7.53. The van der Waals surface area contributed by atoms with Crippen LogP contribution in [0.25, 0.3) is 17.1 Å². The highest BCUT2D eigenvalue weighted by Gasteiger charge is 2.17. The SMILES string of the molecule is CC.CC.CCc1cc(-c2n[nH]c(=S)n2-c2ccc(CC)c(N3CCCCC3)c2)ccc1N. The third-order valence-corrected chi connectivity index (χ3v) is 6.13. The number of hydrogen-bond acceptors (Lipinski definition) is 4. The number of hydrogen-bond donors (Lipinski definition) is 2. The molecule has 4 rings (SSSR count). The average Bonchev–Trinajstić information content (AvgIpc) is 3.28. The Balaban J connectivity index is 0.000000914. The molecule has 5 nitrogen and oxygen atoms in total. The van der Waals surface area contributed by atoms with Crippen molar-refractivity contribution in [3.05, 3.63) is 52.3 Å². The molecule has 0 atom stereocenters. The van der Waals surface area contributed by atoms with Crippen molar-refractivity contribution in [2.45, 2.75) is 73.6 Å². The summed E-state index contributed by atoms with van der Waals surface area (Å²) in [5.41, 5.74) is 12.8. The highest BCUT2D eigenvalue weighted by molar-refractivity contribution is 7.71. The Kier molecular flexibility index (Phi) is 10.7. The Morgan fingerprint density at radius 1 is 0.909 bits per heavy atom. The minimum Gasteiger partial charge on any atom is -0.399 e. The van der Waals surface area contributed by atoms with Gasteiger partial charge in [0.1, 0.15) is 0 Å². The molecule has 2 heterocycles. The molecule has 1 fully saturated rings. The van der Waals surface area contributed by atoms with Crippen LogP contribution in [0.3, 0.4) is 0 Å². The van der Waals surface area contributed by atoms with Gasteiger partial charge in [-0.25, -0.2) is 0 Å². The maximum atomic E-state index is 6.11. The van der Waals surface area contributed by atoms with Gasteiger partial charge in [0.05, 0.1) is 5.69 Å². The second-order valence-electron chi connectivity index (χ2n) is 7.67. The molecule has 3 aromatic rings. The molecule has 0 saturated carbocycles. The first-order chi connectivity index (χ1) is 16.1. The third-order valence-electron chi connectivity index (χ3n) is 5.86. The Labute approximate surface area is 205 Å². The van der Waals surface area contributed by atoms with Crippen molar-refractivity contribution < 1.29 is 0 Å². The lowest BCUT2D eigenvalue weighted by atomic mass is 10.0. The molecular formula is C27H41N5S. The van der Waals surface area contributed by atoms with Crippen LogP contribution in [-0.2, 0) is 12.8 Å². The Morgan fingerprint density at radius 3 is 2.21 bits per heavy atom. The lowest BCUT2D eigenvalue weighted by molar-refractivity contribution is 0.576. The van der Waals surface area contributed by atoms with Gasteiger partial charge in [-0.2, -0.15) is 5.10 Å². The summed E-state index contributed by atoms with van der Waals surface area (Å²) in [4.78, 5) is 2.52. The minimum absolute atomic E-state index is 0.601. The van der Waals surface area contributed by atoms with Crippen LogP contribution in [0.4, 0.5) is 11.4 Å². The van der Waals surface area contributed by atoms with Gasteiger partial charge in [0.25, 0.3) is 0 Å². The number of benzene rings is 2. The topological polar surface area (TPSA) is 62.9 Å². The zero-order chi connectivity index (χ0) is 24.4. The van der Waals surface area contributed by atoms with Crippen LogP contribution in [-0.4, -0.2) is 27.9 Å². The van der Waals surface area contributed by atoms with Crippen molar-refractivity contribution in [2.24, 2.45) is 0 Å². The van der Waals surface area contributed by atoms with E-state index >= 15 is 0 Å². The first-order valence-electron chi connectivity index (χ1n) is 12.6. The summed E-state index contributed by atoms with van der Waals surface area (Å²) in [6.07, 6.45) is 5.75. The van der Waals surface area contributed by atoms with Gasteiger partial charge in [0.2, 0.25) is 0 Å². The number of nitrogens with zero attached hydrogens (tertiary/aromatic N) is 3. The normalized spacial score (nSPS) is 13.0. The molecule has 0 amide bonds. The standard InChI is InChI=1S/C23H29N5S.2C2H6/c1-3-16-8-10-19(15-21(16)27-12-6-5-7-13-27)28-22(25-26-23(28)29)18-9-11-20(24)17(4-2)14-18;2*1-2/h8-11,14-15H,3-7,12-13,24H2,1-2H3,(H,26,29);2*1-2H3. The van der Waals surface area contributed by atoms with Crippen LogP contribution < -0.4 is 10.6 Å². The fourth-order valence-electron chi connectivity index (χ4n) is 4.20. The van der Waals surface area contributed by atoms with Gasteiger partial charge in [-0.1, -0.05) is 47.6 Å². The summed E-state index contributed by atoms with van der Waals surface area (Å²) in [5.74, 6) is 0.818. The van der Waals surface area contributed by atoms with E-state index in [0.717, 1.165) is 54.3 Å². The summed E-state index contributed by atoms with van der Waals surface area (Å²) in [7, 11) is 0. The van der Waals surface area contributed by atoms with E-state index in [1.54, 1.807) is 0 Å². The van der Waals surface area contributed by atoms with E-state index in [1.807, 2.05) is 44.4 Å². The fraction of sp³-hybridized carbons (Fsp3) is 0.481. The van der Waals surface area contributed by atoms with E-state index < -0.39 is 0 Å². The zero-order valence-corrected chi connectivity index (χ0v) is 22.1. The second kappa shape index (κ2) is 13.2. The fourth-order valence-corrected chi connectivity index (χ4v) is 4.44. The number of nitrogens with one attached hydrogen (secondary N) is 1. The second-order valence-corrected chi connectivity index (χ2v) is 8.06. The average molecular weight is 468 g/mol. The van der Waals surface area contributed by atoms with Gasteiger partial charge in [-0.15, -0.1) is 0 Å². The zero-order valence-electron chi connectivity index (χ0n) is 21.2. The predicted molar refractivity (Wildman–Crippen MR) is 146 cm³/mol. The van der Waals surface area contributed by atoms with Crippen molar-refractivity contribution in [1.82, 2.24) is 14.8 Å². The molecular weight excluding hydrogens is 426 g/mol. The summed E-state index contributed by atoms with van der Waals surface area (Å²) in [6.45, 7) is 14.6. The molecule has 0 unspecified atom stereocenters. The van der Waals surface area contributed by atoms with Gasteiger partial charge < -0.3 is 10.6 Å². The predicted octanol–water partition coefficient (Wildman–Crippen LogP) is 7.35. The van der Waals surface area contributed by atoms with Crippen molar-refractivity contribution in [2.75, 3.05) is 23.7 Å². The van der Waals surface area contributed by atoms with E-state index in [1.165, 1.54) is 30.5 Å². The molecule has 6 heteroatoms. The molecule has 0 aliphatic carbocycles. The number of anilines is 2. The maximum absolute atomic E-state index is 6.11. The largest absolute Gasteiger partial charge is 0.399 e. The maximum Gasteiger partial charge on any atom is 0.200 e. The quantitative estimate of drug-likeness (QED) is 0.304. The number of H-pyrrole nitrogens is 1. The first-order valence-corrected chi connectivity index (χ1v) is 13.0. The Bertz CT molecular complexity index is 1060. The number of aromatic amines is 1. The van der Waals surface area contributed by atoms with Crippen LogP contribution in [0.2, 0.25) is 0 Å². The number of aryl methyl sites for hydroxylation is 2. The lowest BCUT2D eigenvalue weighted by Crippen LogP contribution is -2.30. The highest BCUT2D eigenvalue weighted by Crippen LogP contribution is 2.30. The van der Waals surface area contributed by atoms with Gasteiger partial charge in [0, 0.05) is 30.0 Å². The van der Waals surface area contributed by atoms with E-state index in [9.17, 15) is 0 Å². The molecule has 1 aliphatic rings. The van der Waals surface area contributed by atoms with Gasteiger partial charge in [0.15, 0.2) is 10.6 Å². The molecule has 1 aliphatic heterocycles. The van der Waals surface area contributed by atoms with Gasteiger partial charge in [-0.05, 0) is 85.8 Å². The third kappa shape index (κ3) is 6.05. The molecule has 33 heavy (non-hydrogen) atoms. The van der Waals surface area contributed by atoms with E-state index in [2.05, 4.69) is 53.2 Å². The van der Waals surface area contributed by atoms with Crippen LogP contribution in [0.1, 0.15) is 71.9 Å². The number of aromatic nitrogens is 3. The number of nitrogens with two attached hydrogens (primary N) is 1. The van der Waals surface area contributed by atoms with Crippen molar-refractivity contribution in [3.63, 3.8) is 0 Å². The number of piperidine rings is 1. The number of nitrogen functional groups attached to an aromatic ring is 1. The van der Waals surface area contributed by atoms with E-state index in [4.69, 9.17) is 18.0 Å². The molecule has 3 N–H and O–H groups in total. The lowest BCUT2D eigenvalue weighted by Gasteiger charge is -2.31. The highest BCUT2D eigenvalue weighted by atomic mass is 32.1. The molecule has 2 aromatic carbocycles. The molecule has 180 valence electrons. The Morgan fingerprint density at radius 2 is 1.58 bits per heavy atom. The van der Waals surface area contributed by atoms with Crippen molar-refractivity contribution in [1.29, 1.82) is 0 Å². The van der Waals surface area contributed by atoms with Crippen LogP contribution >= 0.6 is 12.2 Å². The number of rotatable bonds is 5. The molecule has 0 radical (unpaired) electrons. The van der Waals surface area contributed by atoms with Gasteiger partial charge >= 0.3 is 0 Å². The molecule has 0 bridgehead atoms. The monoisotopic (exact) mass is 467 g/mol. The molecule has 0 spiro atoms. The van der Waals surface area contributed by atoms with Crippen LogP contribution in [0.5, 0.6) is 0 Å². The van der Waals surface area contributed by atoms with Crippen LogP contribution in [0.15, 0.2) is 36.4 Å².